The van der Waals surface area contributed by atoms with Crippen molar-refractivity contribution in [2.45, 2.75) is 193 Å². The molecule has 1 atom stereocenters. The quantitative estimate of drug-likeness (QED) is 0.0428. The zero-order valence-corrected chi connectivity index (χ0v) is 33.4. The van der Waals surface area contributed by atoms with Crippen LogP contribution in [-0.4, -0.2) is 48.6 Å². The number of ether oxygens (including phenoxy) is 2. The first-order valence-electron chi connectivity index (χ1n) is 20.0. The summed E-state index contributed by atoms with van der Waals surface area (Å²) in [6.45, 7) is 14.1. The number of thioether (sulfide) groups is 1. The van der Waals surface area contributed by atoms with Crippen molar-refractivity contribution in [3.63, 3.8) is 0 Å². The van der Waals surface area contributed by atoms with E-state index in [4.69, 9.17) is 9.47 Å². The minimum absolute atomic E-state index is 0.0429. The molecule has 0 aromatic rings. The Morgan fingerprint density at radius 2 is 1.28 bits per heavy atom. The van der Waals surface area contributed by atoms with Crippen molar-refractivity contribution >= 4 is 36.3 Å². The molecule has 5 nitrogen and oxygen atoms in total. The molecule has 47 heavy (non-hydrogen) atoms. The van der Waals surface area contributed by atoms with Crippen LogP contribution in [0.15, 0.2) is 0 Å². The van der Waals surface area contributed by atoms with Crippen molar-refractivity contribution in [3.05, 3.63) is 0 Å². The largest absolute Gasteiger partial charge is 0.466 e. The zero-order chi connectivity index (χ0) is 34.6. The van der Waals surface area contributed by atoms with Gasteiger partial charge in [0.05, 0.1) is 19.6 Å². The predicted molar refractivity (Wildman–Crippen MR) is 208 cm³/mol. The average molecular weight is 700 g/mol. The molecule has 2 rings (SSSR count). The van der Waals surface area contributed by atoms with Gasteiger partial charge in [-0.25, -0.2) is 0 Å². The van der Waals surface area contributed by atoms with Gasteiger partial charge in [-0.2, -0.15) is 12.6 Å². The summed E-state index contributed by atoms with van der Waals surface area (Å²) in [7, 11) is 0. The van der Waals surface area contributed by atoms with Gasteiger partial charge in [0.2, 0.25) is 0 Å². The molecule has 1 N–H and O–H groups in total. The van der Waals surface area contributed by atoms with E-state index in [-0.39, 0.29) is 27.4 Å². The Kier molecular flexibility index (Phi) is 26.9. The van der Waals surface area contributed by atoms with Crippen LogP contribution >= 0.6 is 24.4 Å². The van der Waals surface area contributed by atoms with Crippen molar-refractivity contribution in [3.8, 4) is 0 Å². The number of hydrogen-bond acceptors (Lipinski definition) is 7. The maximum absolute atomic E-state index is 12.7. The fourth-order valence-electron chi connectivity index (χ4n) is 7.06. The molecular weight excluding hydrogens is 623 g/mol. The highest BCUT2D eigenvalue weighted by Gasteiger charge is 2.35. The second kappa shape index (κ2) is 28.3. The monoisotopic (exact) mass is 700 g/mol. The van der Waals surface area contributed by atoms with E-state index in [0.29, 0.717) is 26.1 Å². The van der Waals surface area contributed by atoms with Crippen LogP contribution in [0.1, 0.15) is 189 Å². The van der Waals surface area contributed by atoms with Crippen LogP contribution in [0.5, 0.6) is 0 Å². The van der Waals surface area contributed by atoms with E-state index in [9.17, 15) is 9.59 Å². The van der Waals surface area contributed by atoms with Gasteiger partial charge in [0.25, 0.3) is 0 Å². The SMILES string of the molecule is CCCCCCCC.CCCCCCCCSC(S)CCC(=O)OCCC1(CCOC(=O)CC2(C)CCC(CC)CC2)CCNCC1. The van der Waals surface area contributed by atoms with E-state index < -0.39 is 0 Å². The van der Waals surface area contributed by atoms with E-state index in [1.165, 1.54) is 96.3 Å². The lowest BCUT2D eigenvalue weighted by Gasteiger charge is -2.38. The van der Waals surface area contributed by atoms with E-state index in [2.05, 4.69) is 52.6 Å². The summed E-state index contributed by atoms with van der Waals surface area (Å²) in [6.07, 6.45) is 27.8. The number of rotatable bonds is 25. The smallest absolute Gasteiger partial charge is 0.306 e. The van der Waals surface area contributed by atoms with Gasteiger partial charge in [0, 0.05) is 11.0 Å². The van der Waals surface area contributed by atoms with Crippen LogP contribution in [0.25, 0.3) is 0 Å². The summed E-state index contributed by atoms with van der Waals surface area (Å²) in [5.41, 5.74) is 0.177. The topological polar surface area (TPSA) is 64.6 Å². The van der Waals surface area contributed by atoms with Gasteiger partial charge in [-0.3, -0.25) is 9.59 Å². The van der Waals surface area contributed by atoms with Crippen LogP contribution in [0.4, 0.5) is 0 Å². The molecule has 0 spiro atoms. The van der Waals surface area contributed by atoms with Crippen LogP contribution < -0.4 is 5.32 Å². The van der Waals surface area contributed by atoms with Crippen molar-refractivity contribution < 1.29 is 19.1 Å². The Bertz CT molecular complexity index is 759. The summed E-state index contributed by atoms with van der Waals surface area (Å²) in [4.78, 5) is 25.1. The third-order valence-electron chi connectivity index (χ3n) is 10.8. The van der Waals surface area contributed by atoms with Gasteiger partial charge in [-0.15, -0.1) is 11.8 Å². The average Bonchev–Trinajstić information content (AvgIpc) is 3.06. The van der Waals surface area contributed by atoms with Gasteiger partial charge in [-0.1, -0.05) is 112 Å². The molecule has 1 aliphatic carbocycles. The lowest BCUT2D eigenvalue weighted by Crippen LogP contribution is -2.38. The van der Waals surface area contributed by atoms with E-state index in [1.807, 2.05) is 11.8 Å². The summed E-state index contributed by atoms with van der Waals surface area (Å²) >= 11 is 6.53. The number of thiol groups is 1. The second-order valence-electron chi connectivity index (χ2n) is 15.1. The number of carbonyl (C=O) groups excluding carboxylic acids is 2. The first-order chi connectivity index (χ1) is 22.7. The predicted octanol–water partition coefficient (Wildman–Crippen LogP) is 11.7. The number of esters is 2. The molecule has 2 fully saturated rings. The number of hydrogen-bond donors (Lipinski definition) is 2. The molecule has 2 aliphatic rings. The number of unbranched alkanes of at least 4 members (excludes halogenated alkanes) is 10. The van der Waals surface area contributed by atoms with Crippen molar-refractivity contribution in [2.24, 2.45) is 16.7 Å². The van der Waals surface area contributed by atoms with Crippen LogP contribution in [0.3, 0.4) is 0 Å². The normalized spacial score (nSPS) is 21.4. The number of nitrogens with one attached hydrogen (secondary N) is 1. The van der Waals surface area contributed by atoms with Crippen LogP contribution in [0, 0.1) is 16.7 Å². The van der Waals surface area contributed by atoms with Gasteiger partial charge < -0.3 is 14.8 Å². The molecule has 0 aromatic carbocycles. The highest BCUT2D eigenvalue weighted by Crippen LogP contribution is 2.42. The van der Waals surface area contributed by atoms with Crippen LogP contribution in [0.2, 0.25) is 0 Å². The lowest BCUT2D eigenvalue weighted by molar-refractivity contribution is -0.148. The van der Waals surface area contributed by atoms with E-state index >= 15 is 0 Å². The standard InChI is InChI=1S/C32H59NO4S2.C8H18/c1-4-6-7-8-9-10-25-39-30(38)12-11-28(34)36-23-19-32(17-21-33-22-18-32)20-24-37-29(35)26-31(3)15-13-27(5-2)14-16-31;1-3-5-7-8-6-4-2/h27,30,33,38H,4-26H2,1-3H3;3-8H2,1-2H3. The van der Waals surface area contributed by atoms with E-state index in [0.717, 1.165) is 69.7 Å². The van der Waals surface area contributed by atoms with Gasteiger partial charge in [0.15, 0.2) is 0 Å². The Morgan fingerprint density at radius 1 is 0.766 bits per heavy atom. The molecule has 1 unspecified atom stereocenters. The Labute approximate surface area is 301 Å². The Morgan fingerprint density at radius 3 is 1.81 bits per heavy atom. The molecule has 1 heterocycles. The minimum Gasteiger partial charge on any atom is -0.466 e. The first kappa shape index (κ1) is 44.6. The highest BCUT2D eigenvalue weighted by atomic mass is 32.2. The molecule has 0 amide bonds. The van der Waals surface area contributed by atoms with Crippen LogP contribution in [-0.2, 0) is 19.1 Å². The Balaban J connectivity index is 0.00000122. The molecule has 0 aromatic heterocycles. The molecule has 0 bridgehead atoms. The summed E-state index contributed by atoms with van der Waals surface area (Å²) in [6, 6.07) is 0. The highest BCUT2D eigenvalue weighted by molar-refractivity contribution is 8.10. The fraction of sp³-hybridized carbons (Fsp3) is 0.950. The Hall–Kier alpha value is -0.400. The summed E-state index contributed by atoms with van der Waals surface area (Å²) in [5, 5.41) is 3.45. The molecule has 278 valence electrons. The summed E-state index contributed by atoms with van der Waals surface area (Å²) in [5.74, 6) is 1.79. The number of piperidine rings is 1. The first-order valence-corrected chi connectivity index (χ1v) is 21.6. The third kappa shape index (κ3) is 22.8. The number of carbonyl (C=O) groups is 2. The molecule has 1 aliphatic heterocycles. The second-order valence-corrected chi connectivity index (χ2v) is 17.4. The third-order valence-corrected chi connectivity index (χ3v) is 12.6. The fourth-order valence-corrected chi connectivity index (χ4v) is 8.43. The van der Waals surface area contributed by atoms with Gasteiger partial charge >= 0.3 is 11.9 Å². The van der Waals surface area contributed by atoms with Gasteiger partial charge in [0.1, 0.15) is 0 Å². The van der Waals surface area contributed by atoms with Crippen molar-refractivity contribution in [1.82, 2.24) is 5.32 Å². The minimum atomic E-state index is -0.115. The summed E-state index contributed by atoms with van der Waals surface area (Å²) < 4.78 is 11.6. The van der Waals surface area contributed by atoms with E-state index in [1.54, 1.807) is 0 Å². The molecule has 7 heteroatoms. The molecule has 1 saturated heterocycles. The maximum atomic E-state index is 12.7. The van der Waals surface area contributed by atoms with Crippen molar-refractivity contribution in [1.29, 1.82) is 0 Å². The lowest BCUT2D eigenvalue weighted by atomic mass is 9.69. The zero-order valence-electron chi connectivity index (χ0n) is 31.6. The van der Waals surface area contributed by atoms with Crippen molar-refractivity contribution in [2.75, 3.05) is 32.1 Å². The maximum Gasteiger partial charge on any atom is 0.306 e. The molecule has 1 saturated carbocycles. The molecular formula is C40H77NO4S2. The molecule has 0 radical (unpaired) electrons. The van der Waals surface area contributed by atoms with Gasteiger partial charge in [-0.05, 0) is 99.8 Å².